The first-order valence-electron chi connectivity index (χ1n) is 11.2. The molecule has 1 aromatic heterocycles. The third kappa shape index (κ3) is 5.77. The lowest BCUT2D eigenvalue weighted by Crippen LogP contribution is -2.47. The van der Waals surface area contributed by atoms with Crippen LogP contribution in [0.3, 0.4) is 0 Å². The zero-order chi connectivity index (χ0) is 27.9. The van der Waals surface area contributed by atoms with Gasteiger partial charge in [-0.15, -0.1) is 0 Å². The molecule has 0 unspecified atom stereocenters. The van der Waals surface area contributed by atoms with Crippen LogP contribution in [0.4, 0.5) is 26.3 Å². The van der Waals surface area contributed by atoms with Crippen molar-refractivity contribution < 1.29 is 45.7 Å². The first kappa shape index (κ1) is 27.4. The standard InChI is InChI=1S/C26H21F6NO5/c27-25(28,29)15-8-16(26(30,31)32)10-18(9-15)37-17-2-4-21-20(11-17)23(36)19-3-1-14(7-22(19)38-21)5-6-24(33,12-34)13-35/h1-4,7-11,34-35H,5-6,12-13,33H2. The fourth-order valence-electron chi connectivity index (χ4n) is 3.82. The largest absolute Gasteiger partial charge is 0.457 e. The Hall–Kier alpha value is -3.61. The quantitative estimate of drug-likeness (QED) is 0.214. The molecule has 0 saturated carbocycles. The van der Waals surface area contributed by atoms with E-state index < -0.39 is 53.4 Å². The molecule has 0 aliphatic rings. The molecule has 0 amide bonds. The van der Waals surface area contributed by atoms with Crippen LogP contribution in [0, 0.1) is 0 Å². The van der Waals surface area contributed by atoms with E-state index in [0.29, 0.717) is 18.6 Å². The number of hydrogen-bond donors (Lipinski definition) is 3. The number of hydrogen-bond acceptors (Lipinski definition) is 6. The first-order valence-corrected chi connectivity index (χ1v) is 11.2. The maximum atomic E-state index is 13.2. The summed E-state index contributed by atoms with van der Waals surface area (Å²) in [4.78, 5) is 13.1. The molecule has 0 aliphatic carbocycles. The van der Waals surface area contributed by atoms with E-state index in [2.05, 4.69) is 0 Å². The molecule has 0 spiro atoms. The van der Waals surface area contributed by atoms with E-state index in [4.69, 9.17) is 14.9 Å². The molecule has 0 atom stereocenters. The van der Waals surface area contributed by atoms with Crippen molar-refractivity contribution in [2.24, 2.45) is 5.73 Å². The molecular formula is C26H21F6NO5. The molecule has 12 heteroatoms. The van der Waals surface area contributed by atoms with Gasteiger partial charge in [-0.25, -0.2) is 0 Å². The number of halogens is 6. The molecule has 0 radical (unpaired) electrons. The fourth-order valence-corrected chi connectivity index (χ4v) is 3.82. The van der Waals surface area contributed by atoms with Crippen molar-refractivity contribution in [3.05, 3.63) is 81.5 Å². The van der Waals surface area contributed by atoms with Crippen LogP contribution in [0.1, 0.15) is 23.1 Å². The third-order valence-corrected chi connectivity index (χ3v) is 6.04. The second-order valence-electron chi connectivity index (χ2n) is 8.94. The van der Waals surface area contributed by atoms with Gasteiger partial charge in [0.05, 0.1) is 40.7 Å². The Morgan fingerprint density at radius 3 is 1.97 bits per heavy atom. The van der Waals surface area contributed by atoms with Crippen LogP contribution in [-0.4, -0.2) is 29.0 Å². The lowest BCUT2D eigenvalue weighted by molar-refractivity contribution is -0.143. The number of ether oxygens (including phenoxy) is 1. The highest BCUT2D eigenvalue weighted by Gasteiger charge is 2.37. The molecule has 0 aliphatic heterocycles. The van der Waals surface area contributed by atoms with Crippen LogP contribution < -0.4 is 15.9 Å². The maximum absolute atomic E-state index is 13.2. The number of benzene rings is 3. The van der Waals surface area contributed by atoms with Crippen molar-refractivity contribution >= 4 is 21.9 Å². The smallest absolute Gasteiger partial charge is 0.416 e. The Morgan fingerprint density at radius 2 is 1.39 bits per heavy atom. The normalized spacial score (nSPS) is 12.9. The molecule has 1 heterocycles. The van der Waals surface area contributed by atoms with Crippen LogP contribution in [0.2, 0.25) is 0 Å². The monoisotopic (exact) mass is 541 g/mol. The Labute approximate surface area is 210 Å². The van der Waals surface area contributed by atoms with E-state index in [-0.39, 0.29) is 40.2 Å². The topological polar surface area (TPSA) is 106 Å². The molecule has 6 nitrogen and oxygen atoms in total. The number of nitrogens with two attached hydrogens (primary N) is 1. The molecular weight excluding hydrogens is 520 g/mol. The summed E-state index contributed by atoms with van der Waals surface area (Å²) in [7, 11) is 0. The summed E-state index contributed by atoms with van der Waals surface area (Å²) in [5, 5.41) is 18.9. The Morgan fingerprint density at radius 1 is 0.763 bits per heavy atom. The molecule has 4 aromatic rings. The number of aliphatic hydroxyl groups is 2. The van der Waals surface area contributed by atoms with Crippen LogP contribution in [0.25, 0.3) is 21.9 Å². The molecule has 0 fully saturated rings. The molecule has 4 rings (SSSR count). The first-order chi connectivity index (χ1) is 17.7. The number of rotatable bonds is 7. The van der Waals surface area contributed by atoms with Gasteiger partial charge in [-0.2, -0.15) is 26.3 Å². The van der Waals surface area contributed by atoms with Crippen LogP contribution >= 0.6 is 0 Å². The average Bonchev–Trinajstić information content (AvgIpc) is 2.86. The summed E-state index contributed by atoms with van der Waals surface area (Å²) < 4.78 is 90.0. The van der Waals surface area contributed by atoms with Gasteiger partial charge in [0.15, 0.2) is 0 Å². The SMILES string of the molecule is NC(CO)(CO)CCc1ccc2c(=O)c3cc(Oc4cc(C(F)(F)F)cc(C(F)(F)F)c4)ccc3oc2c1. The van der Waals surface area contributed by atoms with Crippen LogP contribution in [0.15, 0.2) is 63.8 Å². The van der Waals surface area contributed by atoms with E-state index in [0.717, 1.165) is 5.56 Å². The second-order valence-corrected chi connectivity index (χ2v) is 8.94. The number of alkyl halides is 6. The summed E-state index contributed by atoms with van der Waals surface area (Å²) in [6.07, 6.45) is -9.44. The van der Waals surface area contributed by atoms with Gasteiger partial charge in [-0.3, -0.25) is 4.79 Å². The van der Waals surface area contributed by atoms with Gasteiger partial charge in [-0.05, 0) is 66.9 Å². The fraction of sp³-hybridized carbons (Fsp3) is 0.269. The molecule has 4 N–H and O–H groups in total. The third-order valence-electron chi connectivity index (χ3n) is 6.04. The molecule has 38 heavy (non-hydrogen) atoms. The predicted octanol–water partition coefficient (Wildman–Crippen LogP) is 5.39. The summed E-state index contributed by atoms with van der Waals surface area (Å²) in [6.45, 7) is -0.835. The van der Waals surface area contributed by atoms with Gasteiger partial charge < -0.3 is 25.1 Å². The van der Waals surface area contributed by atoms with Gasteiger partial charge in [0, 0.05) is 0 Å². The van der Waals surface area contributed by atoms with Crippen molar-refractivity contribution in [2.75, 3.05) is 13.2 Å². The molecule has 3 aromatic carbocycles. The van der Waals surface area contributed by atoms with E-state index in [1.54, 1.807) is 12.1 Å². The summed E-state index contributed by atoms with van der Waals surface area (Å²) in [5.74, 6) is -0.872. The predicted molar refractivity (Wildman–Crippen MR) is 126 cm³/mol. The van der Waals surface area contributed by atoms with E-state index >= 15 is 0 Å². The van der Waals surface area contributed by atoms with Gasteiger partial charge in [0.2, 0.25) is 5.43 Å². The minimum atomic E-state index is -5.04. The summed E-state index contributed by atoms with van der Waals surface area (Å²) >= 11 is 0. The Balaban J connectivity index is 1.69. The zero-order valence-electron chi connectivity index (χ0n) is 19.5. The Bertz CT molecular complexity index is 1510. The van der Waals surface area contributed by atoms with Crippen molar-refractivity contribution in [3.63, 3.8) is 0 Å². The lowest BCUT2D eigenvalue weighted by atomic mass is 9.93. The zero-order valence-corrected chi connectivity index (χ0v) is 19.5. The second kappa shape index (κ2) is 9.93. The number of fused-ring (bicyclic) bond motifs is 2. The van der Waals surface area contributed by atoms with Gasteiger partial charge in [0.1, 0.15) is 22.7 Å². The van der Waals surface area contributed by atoms with E-state index in [1.807, 2.05) is 0 Å². The van der Waals surface area contributed by atoms with Crippen molar-refractivity contribution in [1.29, 1.82) is 0 Å². The molecule has 0 bridgehead atoms. The van der Waals surface area contributed by atoms with Gasteiger partial charge in [0.25, 0.3) is 0 Å². The number of aryl methyl sites for hydroxylation is 1. The summed E-state index contributed by atoms with van der Waals surface area (Å²) in [5.41, 5.74) is 2.24. The van der Waals surface area contributed by atoms with E-state index in [1.165, 1.54) is 24.3 Å². The van der Waals surface area contributed by atoms with Crippen molar-refractivity contribution in [2.45, 2.75) is 30.7 Å². The van der Waals surface area contributed by atoms with Crippen molar-refractivity contribution in [3.8, 4) is 11.5 Å². The highest BCUT2D eigenvalue weighted by Crippen LogP contribution is 2.39. The van der Waals surface area contributed by atoms with Gasteiger partial charge >= 0.3 is 12.4 Å². The van der Waals surface area contributed by atoms with Crippen LogP contribution in [-0.2, 0) is 18.8 Å². The average molecular weight is 541 g/mol. The highest BCUT2D eigenvalue weighted by molar-refractivity contribution is 5.90. The number of aliphatic hydroxyl groups excluding tert-OH is 2. The summed E-state index contributed by atoms with van der Waals surface area (Å²) in [6, 6.07) is 9.36. The minimum Gasteiger partial charge on any atom is -0.457 e. The highest BCUT2D eigenvalue weighted by atomic mass is 19.4. The molecule has 0 saturated heterocycles. The van der Waals surface area contributed by atoms with Crippen LogP contribution in [0.5, 0.6) is 11.5 Å². The maximum Gasteiger partial charge on any atom is 0.416 e. The molecule has 202 valence electrons. The lowest BCUT2D eigenvalue weighted by Gasteiger charge is -2.24. The van der Waals surface area contributed by atoms with E-state index in [9.17, 15) is 41.4 Å². The van der Waals surface area contributed by atoms with Crippen molar-refractivity contribution in [1.82, 2.24) is 0 Å². The Kier molecular flexibility index (Phi) is 7.17. The van der Waals surface area contributed by atoms with Gasteiger partial charge in [-0.1, -0.05) is 6.07 Å². The minimum absolute atomic E-state index is 0.00677.